The second-order valence-electron chi connectivity index (χ2n) is 5.82. The molecule has 5 nitrogen and oxygen atoms in total. The van der Waals surface area contributed by atoms with E-state index in [0.717, 1.165) is 10.4 Å². The van der Waals surface area contributed by atoms with Crippen LogP contribution in [0.4, 0.5) is 4.79 Å². The maximum Gasteiger partial charge on any atom is 0.410 e. The minimum absolute atomic E-state index is 0.0587. The zero-order valence-corrected chi connectivity index (χ0v) is 13.5. The molecule has 1 aliphatic rings. The zero-order chi connectivity index (χ0) is 16.3. The Labute approximate surface area is 139 Å². The molecule has 0 radical (unpaired) electrons. The fourth-order valence-electron chi connectivity index (χ4n) is 2.93. The van der Waals surface area contributed by atoms with Gasteiger partial charge in [0.1, 0.15) is 6.61 Å². The molecule has 2 atom stereocenters. The van der Waals surface area contributed by atoms with Gasteiger partial charge < -0.3 is 20.5 Å². The van der Waals surface area contributed by atoms with Gasteiger partial charge in [-0.05, 0) is 17.0 Å². The molecule has 0 saturated carbocycles. The van der Waals surface area contributed by atoms with Crippen molar-refractivity contribution in [3.8, 4) is 0 Å². The van der Waals surface area contributed by atoms with Crippen molar-refractivity contribution in [1.82, 2.24) is 4.90 Å². The lowest BCUT2D eigenvalue weighted by atomic mass is 9.87. The van der Waals surface area contributed by atoms with Crippen LogP contribution in [0.25, 0.3) is 0 Å². The maximum absolute atomic E-state index is 12.3. The van der Waals surface area contributed by atoms with Crippen LogP contribution in [-0.4, -0.2) is 35.8 Å². The fraction of sp³-hybridized carbons (Fsp3) is 0.353. The molecule has 0 bridgehead atoms. The van der Waals surface area contributed by atoms with E-state index < -0.39 is 11.6 Å². The minimum atomic E-state index is -0.714. The molecular formula is C17H20N2O3S. The normalized spacial score (nSPS) is 23.9. The van der Waals surface area contributed by atoms with Crippen molar-refractivity contribution in [2.45, 2.75) is 12.1 Å². The number of aliphatic hydroxyl groups is 1. The van der Waals surface area contributed by atoms with E-state index in [2.05, 4.69) is 0 Å². The monoisotopic (exact) mass is 332 g/mol. The molecule has 1 saturated heterocycles. The van der Waals surface area contributed by atoms with Gasteiger partial charge in [0.2, 0.25) is 0 Å². The summed E-state index contributed by atoms with van der Waals surface area (Å²) in [6.07, 6.45) is -0.392. The van der Waals surface area contributed by atoms with Gasteiger partial charge in [-0.3, -0.25) is 0 Å². The molecule has 0 aliphatic carbocycles. The number of hydrogen-bond acceptors (Lipinski definition) is 5. The smallest absolute Gasteiger partial charge is 0.410 e. The molecule has 1 aromatic carbocycles. The number of likely N-dealkylation sites (tertiary alicyclic amines) is 1. The summed E-state index contributed by atoms with van der Waals surface area (Å²) in [6.45, 7) is 0.929. The molecule has 1 aliphatic heterocycles. The Hall–Kier alpha value is -1.89. The predicted molar refractivity (Wildman–Crippen MR) is 89.0 cm³/mol. The van der Waals surface area contributed by atoms with E-state index in [1.165, 1.54) is 0 Å². The van der Waals surface area contributed by atoms with E-state index >= 15 is 0 Å². The minimum Gasteiger partial charge on any atom is -0.445 e. The van der Waals surface area contributed by atoms with Crippen molar-refractivity contribution in [3.63, 3.8) is 0 Å². The second-order valence-corrected chi connectivity index (χ2v) is 6.77. The van der Waals surface area contributed by atoms with Crippen molar-refractivity contribution in [1.29, 1.82) is 0 Å². The van der Waals surface area contributed by atoms with E-state index in [4.69, 9.17) is 10.5 Å². The van der Waals surface area contributed by atoms with E-state index in [1.54, 1.807) is 16.2 Å². The van der Waals surface area contributed by atoms with Gasteiger partial charge in [0.15, 0.2) is 0 Å². The first-order valence-electron chi connectivity index (χ1n) is 7.53. The summed E-state index contributed by atoms with van der Waals surface area (Å²) >= 11 is 1.55. The zero-order valence-electron chi connectivity index (χ0n) is 12.7. The van der Waals surface area contributed by atoms with Crippen LogP contribution in [0.1, 0.15) is 10.4 Å². The summed E-state index contributed by atoms with van der Waals surface area (Å²) in [4.78, 5) is 14.9. The fourth-order valence-corrected chi connectivity index (χ4v) is 3.84. The Balaban J connectivity index is 1.66. The van der Waals surface area contributed by atoms with Crippen molar-refractivity contribution in [2.24, 2.45) is 11.7 Å². The topological polar surface area (TPSA) is 75.8 Å². The summed E-state index contributed by atoms with van der Waals surface area (Å²) in [6, 6.07) is 13.4. The van der Waals surface area contributed by atoms with Gasteiger partial charge in [0.05, 0.1) is 5.54 Å². The molecular weight excluding hydrogens is 312 g/mol. The summed E-state index contributed by atoms with van der Waals surface area (Å²) < 4.78 is 5.37. The van der Waals surface area contributed by atoms with E-state index in [-0.39, 0.29) is 19.1 Å². The highest BCUT2D eigenvalue weighted by Crippen LogP contribution is 2.37. The number of carbonyl (C=O) groups excluding carboxylic acids is 1. The number of amides is 1. The highest BCUT2D eigenvalue weighted by atomic mass is 32.1. The lowest BCUT2D eigenvalue weighted by molar-refractivity contribution is 0.101. The summed E-state index contributed by atoms with van der Waals surface area (Å²) in [5.74, 6) is -0.189. The van der Waals surface area contributed by atoms with Gasteiger partial charge in [-0.25, -0.2) is 4.79 Å². The SMILES string of the molecule is N[C@@]1(c2cccs2)CN(C(=O)OCc2ccccc2)C[C@H]1CO. The van der Waals surface area contributed by atoms with Crippen LogP contribution in [0, 0.1) is 5.92 Å². The van der Waals surface area contributed by atoms with Crippen LogP contribution in [0.3, 0.4) is 0 Å². The van der Waals surface area contributed by atoms with Crippen LogP contribution in [0.2, 0.25) is 0 Å². The van der Waals surface area contributed by atoms with Crippen LogP contribution in [0.5, 0.6) is 0 Å². The number of rotatable bonds is 4. The lowest BCUT2D eigenvalue weighted by Crippen LogP contribution is -2.45. The summed E-state index contributed by atoms with van der Waals surface area (Å²) in [5.41, 5.74) is 6.74. The average molecular weight is 332 g/mol. The van der Waals surface area contributed by atoms with Crippen molar-refractivity contribution < 1.29 is 14.6 Å². The molecule has 1 amide bonds. The Kier molecular flexibility index (Phi) is 4.66. The predicted octanol–water partition coefficient (Wildman–Crippen LogP) is 2.16. The standard InChI is InChI=1S/C17H20N2O3S/c18-17(15-7-4-8-23-15)12-19(9-14(17)10-20)16(21)22-11-13-5-2-1-3-6-13/h1-8,14,20H,9-12,18H2/t14-,17-/m0/s1. The molecule has 122 valence electrons. The highest BCUT2D eigenvalue weighted by Gasteiger charge is 2.47. The average Bonchev–Trinajstić information content (AvgIpc) is 3.22. The Morgan fingerprint density at radius 3 is 2.78 bits per heavy atom. The molecule has 6 heteroatoms. The third kappa shape index (κ3) is 3.24. The van der Waals surface area contributed by atoms with Gasteiger partial charge >= 0.3 is 6.09 Å². The molecule has 2 heterocycles. The van der Waals surface area contributed by atoms with Crippen LogP contribution >= 0.6 is 11.3 Å². The maximum atomic E-state index is 12.3. The third-order valence-electron chi connectivity index (χ3n) is 4.29. The lowest BCUT2D eigenvalue weighted by Gasteiger charge is -2.27. The number of ether oxygens (including phenoxy) is 1. The van der Waals surface area contributed by atoms with Gasteiger partial charge in [-0.2, -0.15) is 0 Å². The molecule has 3 rings (SSSR count). The Morgan fingerprint density at radius 1 is 1.35 bits per heavy atom. The number of carbonyl (C=O) groups is 1. The van der Waals surface area contributed by atoms with Crippen molar-refractivity contribution in [2.75, 3.05) is 19.7 Å². The van der Waals surface area contributed by atoms with Crippen LogP contribution in [0.15, 0.2) is 47.8 Å². The molecule has 3 N–H and O–H groups in total. The largest absolute Gasteiger partial charge is 0.445 e. The molecule has 1 aromatic heterocycles. The first-order chi connectivity index (χ1) is 11.1. The van der Waals surface area contributed by atoms with Gasteiger partial charge in [0, 0.05) is 30.5 Å². The molecule has 0 spiro atoms. The van der Waals surface area contributed by atoms with Crippen molar-refractivity contribution in [3.05, 3.63) is 58.3 Å². The van der Waals surface area contributed by atoms with Gasteiger partial charge in [-0.15, -0.1) is 11.3 Å². The van der Waals surface area contributed by atoms with Gasteiger partial charge in [0.25, 0.3) is 0 Å². The first kappa shape index (κ1) is 16.0. The highest BCUT2D eigenvalue weighted by molar-refractivity contribution is 7.10. The van der Waals surface area contributed by atoms with E-state index in [9.17, 15) is 9.90 Å². The quantitative estimate of drug-likeness (QED) is 0.900. The Bertz CT molecular complexity index is 647. The third-order valence-corrected chi connectivity index (χ3v) is 5.35. The first-order valence-corrected chi connectivity index (χ1v) is 8.41. The number of nitrogens with zero attached hydrogens (tertiary/aromatic N) is 1. The van der Waals surface area contributed by atoms with Crippen molar-refractivity contribution >= 4 is 17.4 Å². The van der Waals surface area contributed by atoms with Crippen LogP contribution in [-0.2, 0) is 16.9 Å². The van der Waals surface area contributed by atoms with Gasteiger partial charge in [-0.1, -0.05) is 36.4 Å². The molecule has 0 unspecified atom stereocenters. The summed E-state index contributed by atoms with van der Waals surface area (Å²) in [5, 5.41) is 11.6. The van der Waals surface area contributed by atoms with E-state index in [0.29, 0.717) is 13.1 Å². The molecule has 1 fully saturated rings. The molecule has 23 heavy (non-hydrogen) atoms. The number of aliphatic hydroxyl groups excluding tert-OH is 1. The molecule has 2 aromatic rings. The number of nitrogens with two attached hydrogens (primary N) is 1. The van der Waals surface area contributed by atoms with E-state index in [1.807, 2.05) is 47.8 Å². The second kappa shape index (κ2) is 6.70. The summed E-state index contributed by atoms with van der Waals surface area (Å²) in [7, 11) is 0. The number of thiophene rings is 1. The number of hydrogen-bond donors (Lipinski definition) is 2. The van der Waals surface area contributed by atoms with Crippen LogP contribution < -0.4 is 5.73 Å². The number of benzene rings is 1. The Morgan fingerprint density at radius 2 is 2.13 bits per heavy atom.